The zero-order chi connectivity index (χ0) is 18.4. The lowest BCUT2D eigenvalue weighted by Gasteiger charge is -2.37. The van der Waals surface area contributed by atoms with Gasteiger partial charge in [0.05, 0.1) is 13.0 Å². The number of piperidine rings is 1. The third-order valence-electron chi connectivity index (χ3n) is 5.31. The first-order valence-electron chi connectivity index (χ1n) is 9.46. The molecule has 1 heterocycles. The van der Waals surface area contributed by atoms with Gasteiger partial charge in [0, 0.05) is 30.7 Å². The van der Waals surface area contributed by atoms with Gasteiger partial charge in [-0.1, -0.05) is 12.1 Å². The molecule has 150 valence electrons. The molecule has 0 bridgehead atoms. The third-order valence-corrected chi connectivity index (χ3v) is 5.31. The maximum absolute atomic E-state index is 12.3. The fraction of sp³-hybridized carbons (Fsp3) is 0.600. The molecule has 0 radical (unpaired) electrons. The second kappa shape index (κ2) is 10.1. The zero-order valence-electron chi connectivity index (χ0n) is 15.9. The van der Waals surface area contributed by atoms with E-state index in [0.717, 1.165) is 50.0 Å². The molecule has 1 aliphatic heterocycles. The molecule has 3 rings (SSSR count). The summed E-state index contributed by atoms with van der Waals surface area (Å²) in [4.78, 5) is 24.1. The molecule has 0 aromatic heterocycles. The van der Waals surface area contributed by atoms with E-state index in [-0.39, 0.29) is 35.6 Å². The lowest BCUT2D eigenvalue weighted by Crippen LogP contribution is -2.47. The van der Waals surface area contributed by atoms with E-state index < -0.39 is 0 Å². The van der Waals surface area contributed by atoms with Crippen molar-refractivity contribution in [3.63, 3.8) is 0 Å². The van der Waals surface area contributed by atoms with Crippen LogP contribution in [0, 0.1) is 11.3 Å². The molecule has 0 atom stereocenters. The molecule has 6 nitrogen and oxygen atoms in total. The van der Waals surface area contributed by atoms with Crippen molar-refractivity contribution in [1.82, 2.24) is 10.6 Å². The molecule has 1 saturated carbocycles. The molecular weight excluding hydrogens is 366 g/mol. The molecule has 7 heteroatoms. The number of hydrogen-bond donors (Lipinski definition) is 3. The maximum atomic E-state index is 12.3. The Bertz CT molecular complexity index is 620. The van der Waals surface area contributed by atoms with Gasteiger partial charge in [-0.15, -0.1) is 12.4 Å². The van der Waals surface area contributed by atoms with Crippen LogP contribution in [0.5, 0.6) is 0 Å². The van der Waals surface area contributed by atoms with Crippen molar-refractivity contribution in [1.29, 1.82) is 0 Å². The summed E-state index contributed by atoms with van der Waals surface area (Å²) in [6, 6.07) is 7.53. The molecule has 1 aromatic rings. The van der Waals surface area contributed by atoms with E-state index >= 15 is 0 Å². The number of ether oxygens (including phenoxy) is 1. The minimum atomic E-state index is 0. The van der Waals surface area contributed by atoms with Crippen LogP contribution in [0.4, 0.5) is 5.69 Å². The van der Waals surface area contributed by atoms with Crippen LogP contribution in [0.1, 0.15) is 31.2 Å². The van der Waals surface area contributed by atoms with Crippen LogP contribution in [0.15, 0.2) is 24.3 Å². The summed E-state index contributed by atoms with van der Waals surface area (Å²) in [5.41, 5.74) is 1.77. The van der Waals surface area contributed by atoms with Gasteiger partial charge in [-0.2, -0.15) is 0 Å². The van der Waals surface area contributed by atoms with Crippen molar-refractivity contribution in [3.05, 3.63) is 29.8 Å². The topological polar surface area (TPSA) is 79.5 Å². The van der Waals surface area contributed by atoms with Gasteiger partial charge in [0.15, 0.2) is 0 Å². The zero-order valence-corrected chi connectivity index (χ0v) is 16.7. The van der Waals surface area contributed by atoms with Gasteiger partial charge < -0.3 is 20.7 Å². The highest BCUT2D eigenvalue weighted by molar-refractivity contribution is 5.94. The minimum Gasteiger partial charge on any atom is -0.384 e. The van der Waals surface area contributed by atoms with Crippen LogP contribution in [0.25, 0.3) is 0 Å². The Morgan fingerprint density at radius 3 is 2.44 bits per heavy atom. The fourth-order valence-electron chi connectivity index (χ4n) is 3.47. The first-order valence-corrected chi connectivity index (χ1v) is 9.46. The first-order chi connectivity index (χ1) is 12.6. The van der Waals surface area contributed by atoms with E-state index in [2.05, 4.69) is 16.0 Å². The fourth-order valence-corrected chi connectivity index (χ4v) is 3.47. The number of benzene rings is 1. The SMILES string of the molecule is COCC1(CNC(=O)Cc2ccc(NC(=O)C3CC3)cc2)CCNCC1.Cl. The van der Waals surface area contributed by atoms with E-state index in [1.165, 1.54) is 0 Å². The number of amides is 2. The van der Waals surface area contributed by atoms with Gasteiger partial charge in [-0.3, -0.25) is 9.59 Å². The Hall–Kier alpha value is -1.63. The highest BCUT2D eigenvalue weighted by Crippen LogP contribution is 2.30. The van der Waals surface area contributed by atoms with Crippen molar-refractivity contribution in [2.75, 3.05) is 38.7 Å². The molecule has 1 aliphatic carbocycles. The molecule has 1 saturated heterocycles. The summed E-state index contributed by atoms with van der Waals surface area (Å²) >= 11 is 0. The lowest BCUT2D eigenvalue weighted by atomic mass is 9.79. The van der Waals surface area contributed by atoms with Crippen molar-refractivity contribution in [2.45, 2.75) is 32.1 Å². The number of carbonyl (C=O) groups excluding carboxylic acids is 2. The standard InChI is InChI=1S/C20H29N3O3.ClH/c1-26-14-20(8-10-21-11-9-20)13-22-18(24)12-15-2-6-17(7-3-15)23-19(25)16-4-5-16;/h2-3,6-7,16,21H,4-5,8-14H2,1H3,(H,22,24)(H,23,25);1H. The van der Waals surface area contributed by atoms with Crippen molar-refractivity contribution >= 4 is 29.9 Å². The van der Waals surface area contributed by atoms with E-state index in [0.29, 0.717) is 19.6 Å². The molecule has 3 N–H and O–H groups in total. The average molecular weight is 396 g/mol. The van der Waals surface area contributed by atoms with Crippen LogP contribution in [0.2, 0.25) is 0 Å². The van der Waals surface area contributed by atoms with Crippen molar-refractivity contribution in [2.24, 2.45) is 11.3 Å². The number of rotatable bonds is 8. The van der Waals surface area contributed by atoms with Gasteiger partial charge in [0.25, 0.3) is 0 Å². The molecule has 2 aliphatic rings. The molecule has 27 heavy (non-hydrogen) atoms. The number of methoxy groups -OCH3 is 1. The second-order valence-electron chi connectivity index (χ2n) is 7.60. The van der Waals surface area contributed by atoms with Crippen LogP contribution >= 0.6 is 12.4 Å². The number of nitrogens with one attached hydrogen (secondary N) is 3. The highest BCUT2D eigenvalue weighted by atomic mass is 35.5. The van der Waals surface area contributed by atoms with Crippen molar-refractivity contribution in [3.8, 4) is 0 Å². The van der Waals surface area contributed by atoms with E-state index in [1.807, 2.05) is 24.3 Å². The summed E-state index contributed by atoms with van der Waals surface area (Å²) in [5, 5.41) is 9.35. The second-order valence-corrected chi connectivity index (χ2v) is 7.60. The largest absolute Gasteiger partial charge is 0.384 e. The van der Waals surface area contributed by atoms with E-state index in [4.69, 9.17) is 4.74 Å². The van der Waals surface area contributed by atoms with Gasteiger partial charge in [0.2, 0.25) is 11.8 Å². The van der Waals surface area contributed by atoms with Crippen LogP contribution in [-0.4, -0.2) is 45.2 Å². The third kappa shape index (κ3) is 6.48. The van der Waals surface area contributed by atoms with Gasteiger partial charge >= 0.3 is 0 Å². The number of hydrogen-bond acceptors (Lipinski definition) is 4. The first kappa shape index (κ1) is 21.7. The summed E-state index contributed by atoms with van der Waals surface area (Å²) in [5.74, 6) is 0.310. The summed E-state index contributed by atoms with van der Waals surface area (Å²) in [7, 11) is 1.72. The van der Waals surface area contributed by atoms with Crippen LogP contribution in [0.3, 0.4) is 0 Å². The smallest absolute Gasteiger partial charge is 0.227 e. The number of anilines is 1. The summed E-state index contributed by atoms with van der Waals surface area (Å²) in [6.07, 6.45) is 4.35. The average Bonchev–Trinajstić information content (AvgIpc) is 3.48. The van der Waals surface area contributed by atoms with E-state index in [9.17, 15) is 9.59 Å². The Balaban J connectivity index is 0.00000261. The van der Waals surface area contributed by atoms with Gasteiger partial charge in [-0.25, -0.2) is 0 Å². The highest BCUT2D eigenvalue weighted by Gasteiger charge is 2.32. The Kier molecular flexibility index (Phi) is 8.07. The summed E-state index contributed by atoms with van der Waals surface area (Å²) in [6.45, 7) is 3.25. The maximum Gasteiger partial charge on any atom is 0.227 e. The van der Waals surface area contributed by atoms with E-state index in [1.54, 1.807) is 7.11 Å². The predicted molar refractivity (Wildman–Crippen MR) is 108 cm³/mol. The number of carbonyl (C=O) groups is 2. The molecule has 0 unspecified atom stereocenters. The molecule has 2 amide bonds. The van der Waals surface area contributed by atoms with Crippen LogP contribution in [-0.2, 0) is 20.7 Å². The molecule has 1 aromatic carbocycles. The molecule has 2 fully saturated rings. The minimum absolute atomic E-state index is 0. The summed E-state index contributed by atoms with van der Waals surface area (Å²) < 4.78 is 5.39. The monoisotopic (exact) mass is 395 g/mol. The quantitative estimate of drug-likeness (QED) is 0.630. The Labute approximate surface area is 167 Å². The number of halogens is 1. The van der Waals surface area contributed by atoms with Crippen molar-refractivity contribution < 1.29 is 14.3 Å². The Morgan fingerprint density at radius 1 is 1.19 bits per heavy atom. The predicted octanol–water partition coefficient (Wildman–Crippen LogP) is 2.13. The van der Waals surface area contributed by atoms with Crippen LogP contribution < -0.4 is 16.0 Å². The van der Waals surface area contributed by atoms with Gasteiger partial charge in [-0.05, 0) is 56.5 Å². The normalized spacial score (nSPS) is 18.3. The van der Waals surface area contributed by atoms with Gasteiger partial charge in [0.1, 0.15) is 0 Å². The Morgan fingerprint density at radius 2 is 1.85 bits per heavy atom. The molecular formula is C20H30ClN3O3. The lowest BCUT2D eigenvalue weighted by molar-refractivity contribution is -0.121. The molecule has 0 spiro atoms.